The van der Waals surface area contributed by atoms with Crippen LogP contribution in [0.5, 0.6) is 11.5 Å². The molecule has 156 valence electrons. The molecule has 0 unspecified atom stereocenters. The second kappa shape index (κ2) is 9.08. The molecule has 0 radical (unpaired) electrons. The second-order valence-corrected chi connectivity index (χ2v) is 6.12. The number of carbonyl (C=O) groups is 3. The van der Waals surface area contributed by atoms with Gasteiger partial charge < -0.3 is 14.2 Å². The summed E-state index contributed by atoms with van der Waals surface area (Å²) in [5, 5.41) is 1.04. The van der Waals surface area contributed by atoms with Crippen molar-refractivity contribution in [2.45, 2.75) is 6.92 Å². The van der Waals surface area contributed by atoms with E-state index in [-0.39, 0.29) is 18.8 Å². The molecule has 1 N–H and O–H groups in total. The van der Waals surface area contributed by atoms with Gasteiger partial charge in [0.05, 0.1) is 19.4 Å². The van der Waals surface area contributed by atoms with Crippen LogP contribution in [0.25, 0.3) is 6.08 Å². The lowest BCUT2D eigenvalue weighted by molar-refractivity contribution is -0.145. The fraction of sp³-hybridized carbons (Fsp3) is 0.190. The number of nitrogens with zero attached hydrogens (tertiary/aromatic N) is 1. The SMILES string of the molecule is CCOC(=O)COc1ccc(C=C2C(=O)NN(c3ccc(F)cc3)C2=O)cc1OC. The zero-order chi connectivity index (χ0) is 21.7. The molecule has 0 aromatic heterocycles. The van der Waals surface area contributed by atoms with Crippen molar-refractivity contribution in [1.82, 2.24) is 5.43 Å². The normalized spacial score (nSPS) is 14.6. The van der Waals surface area contributed by atoms with E-state index >= 15 is 0 Å². The maximum Gasteiger partial charge on any atom is 0.344 e. The number of hydrogen-bond acceptors (Lipinski definition) is 6. The number of carbonyl (C=O) groups excluding carboxylic acids is 3. The Morgan fingerprint density at radius 2 is 1.87 bits per heavy atom. The van der Waals surface area contributed by atoms with Crippen LogP contribution in [0.1, 0.15) is 12.5 Å². The Morgan fingerprint density at radius 3 is 2.53 bits per heavy atom. The van der Waals surface area contributed by atoms with Crippen molar-refractivity contribution in [3.05, 3.63) is 59.4 Å². The maximum atomic E-state index is 13.1. The predicted octanol–water partition coefficient (Wildman–Crippen LogP) is 2.24. The van der Waals surface area contributed by atoms with Crippen molar-refractivity contribution >= 4 is 29.5 Å². The Balaban J connectivity index is 1.80. The van der Waals surface area contributed by atoms with Crippen LogP contribution >= 0.6 is 0 Å². The first-order chi connectivity index (χ1) is 14.4. The van der Waals surface area contributed by atoms with E-state index in [4.69, 9.17) is 14.2 Å². The Labute approximate surface area is 171 Å². The minimum Gasteiger partial charge on any atom is -0.493 e. The highest BCUT2D eigenvalue weighted by molar-refractivity contribution is 6.31. The van der Waals surface area contributed by atoms with Crippen LogP contribution in [-0.4, -0.2) is 38.1 Å². The summed E-state index contributed by atoms with van der Waals surface area (Å²) in [5.41, 5.74) is 3.19. The highest BCUT2D eigenvalue weighted by Crippen LogP contribution is 2.30. The van der Waals surface area contributed by atoms with Crippen LogP contribution in [0.3, 0.4) is 0 Å². The third-order valence-electron chi connectivity index (χ3n) is 4.13. The van der Waals surface area contributed by atoms with Crippen molar-refractivity contribution in [3.8, 4) is 11.5 Å². The van der Waals surface area contributed by atoms with Gasteiger partial charge in [-0.3, -0.25) is 15.0 Å². The molecular formula is C21H19FN2O6. The molecule has 3 rings (SSSR count). The number of benzene rings is 2. The molecule has 1 saturated heterocycles. The molecule has 8 nitrogen and oxygen atoms in total. The van der Waals surface area contributed by atoms with E-state index in [1.54, 1.807) is 25.1 Å². The summed E-state index contributed by atoms with van der Waals surface area (Å²) in [6, 6.07) is 9.88. The monoisotopic (exact) mass is 414 g/mol. The zero-order valence-electron chi connectivity index (χ0n) is 16.3. The van der Waals surface area contributed by atoms with Gasteiger partial charge in [0.2, 0.25) is 0 Å². The fourth-order valence-corrected chi connectivity index (χ4v) is 2.73. The average molecular weight is 414 g/mol. The molecule has 30 heavy (non-hydrogen) atoms. The van der Waals surface area contributed by atoms with Crippen LogP contribution in [0.15, 0.2) is 48.0 Å². The first-order valence-corrected chi connectivity index (χ1v) is 9.02. The Bertz CT molecular complexity index is 1000. The van der Waals surface area contributed by atoms with E-state index in [0.717, 1.165) is 5.01 Å². The third-order valence-corrected chi connectivity index (χ3v) is 4.13. The Kier molecular flexibility index (Phi) is 6.31. The molecule has 1 aliphatic heterocycles. The number of hydrazine groups is 1. The molecule has 2 aromatic rings. The fourth-order valence-electron chi connectivity index (χ4n) is 2.73. The van der Waals surface area contributed by atoms with Crippen LogP contribution < -0.4 is 19.9 Å². The largest absolute Gasteiger partial charge is 0.493 e. The number of rotatable bonds is 7. The highest BCUT2D eigenvalue weighted by atomic mass is 19.1. The van der Waals surface area contributed by atoms with Gasteiger partial charge >= 0.3 is 5.97 Å². The number of nitrogens with one attached hydrogen (secondary N) is 1. The minimum atomic E-state index is -0.592. The molecule has 0 bridgehead atoms. The van der Waals surface area contributed by atoms with Gasteiger partial charge in [0.15, 0.2) is 18.1 Å². The van der Waals surface area contributed by atoms with E-state index in [1.807, 2.05) is 0 Å². The number of hydrogen-bond donors (Lipinski definition) is 1. The van der Waals surface area contributed by atoms with Crippen molar-refractivity contribution in [1.29, 1.82) is 0 Å². The summed E-state index contributed by atoms with van der Waals surface area (Å²) in [6.07, 6.45) is 1.40. The second-order valence-electron chi connectivity index (χ2n) is 6.12. The topological polar surface area (TPSA) is 94.2 Å². The molecule has 0 atom stereocenters. The minimum absolute atomic E-state index is 0.0958. The van der Waals surface area contributed by atoms with E-state index in [0.29, 0.717) is 22.7 Å². The summed E-state index contributed by atoms with van der Waals surface area (Å²) < 4.78 is 28.6. The summed E-state index contributed by atoms with van der Waals surface area (Å²) >= 11 is 0. The first-order valence-electron chi connectivity index (χ1n) is 9.02. The lowest BCUT2D eigenvalue weighted by Crippen LogP contribution is -2.35. The average Bonchev–Trinajstić information content (AvgIpc) is 3.01. The lowest BCUT2D eigenvalue weighted by atomic mass is 10.1. The van der Waals surface area contributed by atoms with Gasteiger partial charge in [-0.25, -0.2) is 14.2 Å². The van der Waals surface area contributed by atoms with E-state index in [9.17, 15) is 18.8 Å². The molecule has 9 heteroatoms. The lowest BCUT2D eigenvalue weighted by Gasteiger charge is -2.14. The van der Waals surface area contributed by atoms with Crippen LogP contribution in [0, 0.1) is 5.82 Å². The number of anilines is 1. The molecule has 0 spiro atoms. The van der Waals surface area contributed by atoms with Gasteiger partial charge in [-0.2, -0.15) is 0 Å². The molecule has 2 aromatic carbocycles. The van der Waals surface area contributed by atoms with Gasteiger partial charge in [-0.05, 0) is 55.0 Å². The summed E-state index contributed by atoms with van der Waals surface area (Å²) in [4.78, 5) is 36.4. The molecule has 1 aliphatic rings. The standard InChI is InChI=1S/C21H19FN2O6/c1-3-29-19(25)12-30-17-9-4-13(11-18(17)28-2)10-16-20(26)23-24(21(16)27)15-7-5-14(22)6-8-15/h4-11H,3,12H2,1-2H3,(H,23,26). The van der Waals surface area contributed by atoms with Crippen molar-refractivity contribution in [2.75, 3.05) is 25.3 Å². The molecular weight excluding hydrogens is 395 g/mol. The molecule has 0 saturated carbocycles. The van der Waals surface area contributed by atoms with E-state index < -0.39 is 23.6 Å². The first kappa shape index (κ1) is 20.8. The zero-order valence-corrected chi connectivity index (χ0v) is 16.3. The van der Waals surface area contributed by atoms with Crippen molar-refractivity contribution in [2.24, 2.45) is 0 Å². The third kappa shape index (κ3) is 4.57. The van der Waals surface area contributed by atoms with Gasteiger partial charge in [0.25, 0.3) is 11.8 Å². The van der Waals surface area contributed by atoms with E-state index in [1.165, 1.54) is 37.5 Å². The molecule has 2 amide bonds. The molecule has 0 aliphatic carbocycles. The van der Waals surface area contributed by atoms with Crippen LogP contribution in [-0.2, 0) is 19.1 Å². The maximum absolute atomic E-state index is 13.1. The molecule has 1 heterocycles. The number of amides is 2. The smallest absolute Gasteiger partial charge is 0.344 e. The summed E-state index contributed by atoms with van der Waals surface area (Å²) in [5.74, 6) is -1.51. The van der Waals surface area contributed by atoms with Gasteiger partial charge in [0.1, 0.15) is 11.4 Å². The Hall–Kier alpha value is -3.88. The quantitative estimate of drug-likeness (QED) is 0.424. The number of ether oxygens (including phenoxy) is 3. The molecule has 1 fully saturated rings. The summed E-state index contributed by atoms with van der Waals surface area (Å²) in [7, 11) is 1.42. The van der Waals surface area contributed by atoms with Gasteiger partial charge in [0, 0.05) is 0 Å². The van der Waals surface area contributed by atoms with Crippen LogP contribution in [0.2, 0.25) is 0 Å². The van der Waals surface area contributed by atoms with Crippen molar-refractivity contribution < 1.29 is 33.0 Å². The van der Waals surface area contributed by atoms with Gasteiger partial charge in [-0.15, -0.1) is 0 Å². The van der Waals surface area contributed by atoms with Gasteiger partial charge in [-0.1, -0.05) is 6.07 Å². The number of halogens is 1. The number of esters is 1. The predicted molar refractivity (Wildman–Crippen MR) is 105 cm³/mol. The summed E-state index contributed by atoms with van der Waals surface area (Å²) in [6.45, 7) is 1.66. The van der Waals surface area contributed by atoms with E-state index in [2.05, 4.69) is 5.43 Å². The van der Waals surface area contributed by atoms with Crippen molar-refractivity contribution in [3.63, 3.8) is 0 Å². The highest BCUT2D eigenvalue weighted by Gasteiger charge is 2.34. The number of methoxy groups -OCH3 is 1. The Morgan fingerprint density at radius 1 is 1.13 bits per heavy atom. The van der Waals surface area contributed by atoms with Crippen LogP contribution in [0.4, 0.5) is 10.1 Å².